The number of aliphatic carboxylic acids is 1. The van der Waals surface area contributed by atoms with Crippen molar-refractivity contribution in [3.05, 3.63) is 35.4 Å². The SMILES string of the molecule is CC(C)Cc1ccc(C(C)C(=O)O)cc1.CNC[C@H](O)[C@@H](O)[C@H](O)[C@H](O)CO. The van der Waals surface area contributed by atoms with Crippen LogP contribution in [-0.4, -0.2) is 81.2 Å². The van der Waals surface area contributed by atoms with Gasteiger partial charge in [-0.1, -0.05) is 38.1 Å². The van der Waals surface area contributed by atoms with Crippen LogP contribution < -0.4 is 5.32 Å². The summed E-state index contributed by atoms with van der Waals surface area (Å²) in [5.74, 6) is -0.558. The molecule has 0 fully saturated rings. The molecular weight excluding hydrogens is 366 g/mol. The first-order chi connectivity index (χ1) is 13.0. The molecule has 5 atom stereocenters. The second-order valence-electron chi connectivity index (χ2n) is 7.26. The average molecular weight is 402 g/mol. The highest BCUT2D eigenvalue weighted by Crippen LogP contribution is 2.17. The molecule has 0 aliphatic carbocycles. The zero-order valence-electron chi connectivity index (χ0n) is 17.0. The van der Waals surface area contributed by atoms with Gasteiger partial charge in [-0.25, -0.2) is 0 Å². The van der Waals surface area contributed by atoms with E-state index in [1.54, 1.807) is 14.0 Å². The van der Waals surface area contributed by atoms with Gasteiger partial charge in [-0.15, -0.1) is 0 Å². The van der Waals surface area contributed by atoms with Crippen molar-refractivity contribution >= 4 is 5.97 Å². The minimum atomic E-state index is -1.55. The Labute approximate surface area is 166 Å². The summed E-state index contributed by atoms with van der Waals surface area (Å²) >= 11 is 0. The van der Waals surface area contributed by atoms with Crippen molar-refractivity contribution in [1.82, 2.24) is 5.32 Å². The normalized spacial score (nSPS) is 16.5. The van der Waals surface area contributed by atoms with E-state index in [4.69, 9.17) is 25.5 Å². The number of aliphatic hydroxyl groups excluding tert-OH is 5. The Morgan fingerprint density at radius 3 is 1.86 bits per heavy atom. The van der Waals surface area contributed by atoms with Gasteiger partial charge in [0.25, 0.3) is 0 Å². The molecule has 0 radical (unpaired) electrons. The largest absolute Gasteiger partial charge is 0.481 e. The van der Waals surface area contributed by atoms with Crippen molar-refractivity contribution in [3.8, 4) is 0 Å². The second-order valence-corrected chi connectivity index (χ2v) is 7.26. The molecule has 1 unspecified atom stereocenters. The molecule has 28 heavy (non-hydrogen) atoms. The predicted molar refractivity (Wildman–Crippen MR) is 106 cm³/mol. The lowest BCUT2D eigenvalue weighted by Gasteiger charge is -2.25. The lowest BCUT2D eigenvalue weighted by Crippen LogP contribution is -2.48. The van der Waals surface area contributed by atoms with Gasteiger partial charge in [-0.2, -0.15) is 0 Å². The first-order valence-corrected chi connectivity index (χ1v) is 9.34. The third-order valence-corrected chi connectivity index (χ3v) is 4.23. The molecule has 1 aromatic carbocycles. The quantitative estimate of drug-likeness (QED) is 0.283. The Morgan fingerprint density at radius 1 is 0.964 bits per heavy atom. The third-order valence-electron chi connectivity index (χ3n) is 4.23. The van der Waals surface area contributed by atoms with Crippen LogP contribution in [0.2, 0.25) is 0 Å². The Morgan fingerprint density at radius 2 is 1.46 bits per heavy atom. The van der Waals surface area contributed by atoms with Crippen molar-refractivity contribution in [2.45, 2.75) is 57.5 Å². The molecule has 8 nitrogen and oxygen atoms in total. The minimum absolute atomic E-state index is 0.0936. The highest BCUT2D eigenvalue weighted by molar-refractivity contribution is 5.75. The van der Waals surface area contributed by atoms with Gasteiger partial charge in [0.1, 0.15) is 18.3 Å². The van der Waals surface area contributed by atoms with Crippen LogP contribution in [0.5, 0.6) is 0 Å². The first-order valence-electron chi connectivity index (χ1n) is 9.34. The number of carboxylic acids is 1. The molecule has 8 heteroatoms. The summed E-state index contributed by atoms with van der Waals surface area (Å²) in [4.78, 5) is 10.8. The fraction of sp³-hybridized carbons (Fsp3) is 0.650. The Hall–Kier alpha value is -1.55. The number of benzene rings is 1. The van der Waals surface area contributed by atoms with Gasteiger partial charge in [0.2, 0.25) is 0 Å². The highest BCUT2D eigenvalue weighted by atomic mass is 16.4. The molecule has 0 spiro atoms. The molecule has 0 bridgehead atoms. The smallest absolute Gasteiger partial charge is 0.310 e. The minimum Gasteiger partial charge on any atom is -0.481 e. The van der Waals surface area contributed by atoms with Gasteiger partial charge in [0.05, 0.1) is 18.6 Å². The van der Waals surface area contributed by atoms with Gasteiger partial charge < -0.3 is 36.0 Å². The topological polar surface area (TPSA) is 150 Å². The maximum absolute atomic E-state index is 10.8. The van der Waals surface area contributed by atoms with Crippen LogP contribution in [-0.2, 0) is 11.2 Å². The monoisotopic (exact) mass is 401 g/mol. The number of hydrogen-bond donors (Lipinski definition) is 7. The van der Waals surface area contributed by atoms with Crippen molar-refractivity contribution in [1.29, 1.82) is 0 Å². The second kappa shape index (κ2) is 13.6. The molecule has 1 aromatic rings. The van der Waals surface area contributed by atoms with Crippen molar-refractivity contribution in [2.24, 2.45) is 5.92 Å². The molecule has 0 aromatic heterocycles. The zero-order chi connectivity index (χ0) is 21.9. The fourth-order valence-electron chi connectivity index (χ4n) is 2.45. The van der Waals surface area contributed by atoms with Crippen molar-refractivity contribution in [2.75, 3.05) is 20.2 Å². The molecule has 0 amide bonds. The summed E-state index contributed by atoms with van der Waals surface area (Å²) in [7, 11) is 1.57. The van der Waals surface area contributed by atoms with Gasteiger partial charge in [-0.05, 0) is 37.4 Å². The maximum Gasteiger partial charge on any atom is 0.310 e. The summed E-state index contributed by atoms with van der Waals surface area (Å²) in [6.45, 7) is 5.49. The Kier molecular flexibility index (Phi) is 12.8. The van der Waals surface area contributed by atoms with E-state index in [9.17, 15) is 9.90 Å². The number of rotatable bonds is 10. The van der Waals surface area contributed by atoms with Crippen molar-refractivity contribution in [3.63, 3.8) is 0 Å². The van der Waals surface area contributed by atoms with E-state index in [0.29, 0.717) is 5.92 Å². The molecule has 0 aliphatic rings. The number of aliphatic hydroxyl groups is 5. The number of nitrogens with one attached hydrogen (secondary N) is 1. The highest BCUT2D eigenvalue weighted by Gasteiger charge is 2.29. The summed E-state index contributed by atoms with van der Waals surface area (Å²) in [6, 6.07) is 7.87. The molecular formula is C20H35NO7. The standard InChI is InChI=1S/C13H18O2.C7H17NO5/c1-9(2)8-11-4-6-12(7-5-11)10(3)13(14)15;1-8-2-4(10)6(12)7(13)5(11)3-9/h4-7,9-10H,8H2,1-3H3,(H,14,15);4-13H,2-3H2,1H3/t;4-,5+,6+,7+/m.0/s1. The molecule has 0 saturated carbocycles. The van der Waals surface area contributed by atoms with Gasteiger partial charge in [-0.3, -0.25) is 4.79 Å². The molecule has 0 aliphatic heterocycles. The van der Waals surface area contributed by atoms with E-state index in [1.165, 1.54) is 5.56 Å². The number of likely N-dealkylation sites (N-methyl/N-ethyl adjacent to an activating group) is 1. The first kappa shape index (κ1) is 26.4. The zero-order valence-corrected chi connectivity index (χ0v) is 17.0. The van der Waals surface area contributed by atoms with Crippen LogP contribution in [0.4, 0.5) is 0 Å². The van der Waals surface area contributed by atoms with Crippen molar-refractivity contribution < 1.29 is 35.4 Å². The van der Waals surface area contributed by atoms with E-state index in [-0.39, 0.29) is 6.54 Å². The summed E-state index contributed by atoms with van der Waals surface area (Å²) < 4.78 is 0. The van der Waals surface area contributed by atoms with E-state index in [2.05, 4.69) is 19.2 Å². The fourth-order valence-corrected chi connectivity index (χ4v) is 2.45. The molecule has 1 rings (SSSR count). The van der Waals surface area contributed by atoms with Crippen LogP contribution in [0.25, 0.3) is 0 Å². The van der Waals surface area contributed by atoms with E-state index >= 15 is 0 Å². The van der Waals surface area contributed by atoms with E-state index in [0.717, 1.165) is 12.0 Å². The summed E-state index contributed by atoms with van der Waals surface area (Å²) in [5, 5.41) is 56.3. The maximum atomic E-state index is 10.8. The van der Waals surface area contributed by atoms with Crippen LogP contribution in [0.3, 0.4) is 0 Å². The molecule has 0 heterocycles. The lowest BCUT2D eigenvalue weighted by atomic mass is 9.97. The summed E-state index contributed by atoms with van der Waals surface area (Å²) in [6.07, 6.45) is -4.60. The average Bonchev–Trinajstić information content (AvgIpc) is 2.66. The van der Waals surface area contributed by atoms with E-state index in [1.807, 2.05) is 24.3 Å². The Bertz CT molecular complexity index is 550. The van der Waals surface area contributed by atoms with Crippen LogP contribution >= 0.6 is 0 Å². The number of carbonyl (C=O) groups is 1. The van der Waals surface area contributed by atoms with Gasteiger partial charge in [0, 0.05) is 6.54 Å². The predicted octanol–water partition coefficient (Wildman–Crippen LogP) is -0.285. The number of carboxylic acid groups (broad SMARTS) is 1. The molecule has 162 valence electrons. The Balaban J connectivity index is 0.000000528. The lowest BCUT2D eigenvalue weighted by molar-refractivity contribution is -0.138. The summed E-state index contributed by atoms with van der Waals surface area (Å²) in [5.41, 5.74) is 2.14. The van der Waals surface area contributed by atoms with Gasteiger partial charge in [0.15, 0.2) is 0 Å². The van der Waals surface area contributed by atoms with Gasteiger partial charge >= 0.3 is 5.97 Å². The molecule has 0 saturated heterocycles. The molecule has 7 N–H and O–H groups in total. The van der Waals surface area contributed by atoms with Crippen LogP contribution in [0, 0.1) is 5.92 Å². The number of hydrogen-bond acceptors (Lipinski definition) is 7. The van der Waals surface area contributed by atoms with E-state index < -0.39 is 42.9 Å². The van der Waals surface area contributed by atoms with Crippen LogP contribution in [0.1, 0.15) is 37.8 Å². The third kappa shape index (κ3) is 9.59. The van der Waals surface area contributed by atoms with Crippen LogP contribution in [0.15, 0.2) is 24.3 Å².